The van der Waals surface area contributed by atoms with E-state index < -0.39 is 21.5 Å². The molecule has 2 aromatic carbocycles. The lowest BCUT2D eigenvalue weighted by molar-refractivity contribution is -0.123. The number of hydrogen-bond acceptors (Lipinski definition) is 5. The standard InChI is InChI=1S/C21H26N2O5S/c1-15(24)16-9-11-18(12-10-16)28-14-20(25)22-13-17-7-5-6-8-19(17)29(26,27)23-21(2,3)4/h5-12,23H,13-14H2,1-4H3,(H,22,25). The van der Waals surface area contributed by atoms with E-state index in [0.717, 1.165) is 0 Å². The summed E-state index contributed by atoms with van der Waals surface area (Å²) in [6, 6.07) is 13.0. The summed E-state index contributed by atoms with van der Waals surface area (Å²) in [5, 5.41) is 2.66. The molecule has 0 bridgehead atoms. The Kier molecular flexibility index (Phi) is 7.16. The Morgan fingerprint density at radius 3 is 2.21 bits per heavy atom. The molecule has 0 aliphatic carbocycles. The molecule has 29 heavy (non-hydrogen) atoms. The van der Waals surface area contributed by atoms with Gasteiger partial charge in [-0.2, -0.15) is 0 Å². The first-order valence-corrected chi connectivity index (χ1v) is 10.6. The van der Waals surface area contributed by atoms with Crippen LogP contribution in [0, 0.1) is 0 Å². The van der Waals surface area contributed by atoms with Crippen LogP contribution in [0.3, 0.4) is 0 Å². The molecule has 0 saturated heterocycles. The van der Waals surface area contributed by atoms with E-state index in [1.165, 1.54) is 13.0 Å². The van der Waals surface area contributed by atoms with E-state index in [-0.39, 0.29) is 23.8 Å². The molecule has 2 aromatic rings. The fourth-order valence-electron chi connectivity index (χ4n) is 2.55. The van der Waals surface area contributed by atoms with Crippen molar-refractivity contribution in [2.45, 2.75) is 44.7 Å². The second-order valence-electron chi connectivity index (χ2n) is 7.61. The van der Waals surface area contributed by atoms with Crippen molar-refractivity contribution in [2.75, 3.05) is 6.61 Å². The summed E-state index contributed by atoms with van der Waals surface area (Å²) in [6.45, 7) is 6.57. The molecule has 0 radical (unpaired) electrons. The summed E-state index contributed by atoms with van der Waals surface area (Å²) in [5.74, 6) is 0.0167. The molecule has 1 amide bonds. The number of ether oxygens (including phenoxy) is 1. The summed E-state index contributed by atoms with van der Waals surface area (Å²) in [5.41, 5.74) is 0.410. The second-order valence-corrected chi connectivity index (χ2v) is 9.26. The summed E-state index contributed by atoms with van der Waals surface area (Å²) in [7, 11) is -3.72. The summed E-state index contributed by atoms with van der Waals surface area (Å²) < 4.78 is 33.3. The largest absolute Gasteiger partial charge is 0.484 e. The maximum atomic E-state index is 12.6. The van der Waals surface area contributed by atoms with Gasteiger partial charge in [0.25, 0.3) is 5.91 Å². The molecule has 2 rings (SSSR count). The van der Waals surface area contributed by atoms with Crippen molar-refractivity contribution in [3.05, 3.63) is 59.7 Å². The highest BCUT2D eigenvalue weighted by molar-refractivity contribution is 7.89. The van der Waals surface area contributed by atoms with E-state index in [1.54, 1.807) is 63.2 Å². The Labute approximate surface area is 171 Å². The topological polar surface area (TPSA) is 102 Å². The van der Waals surface area contributed by atoms with Gasteiger partial charge < -0.3 is 10.1 Å². The lowest BCUT2D eigenvalue weighted by atomic mass is 10.1. The molecule has 0 aliphatic rings. The Morgan fingerprint density at radius 1 is 1.00 bits per heavy atom. The van der Waals surface area contributed by atoms with E-state index in [9.17, 15) is 18.0 Å². The molecule has 0 saturated carbocycles. The SMILES string of the molecule is CC(=O)c1ccc(OCC(=O)NCc2ccccc2S(=O)(=O)NC(C)(C)C)cc1. The quantitative estimate of drug-likeness (QED) is 0.642. The van der Waals surface area contributed by atoms with Crippen LogP contribution >= 0.6 is 0 Å². The van der Waals surface area contributed by atoms with Crippen LogP contribution in [0.5, 0.6) is 5.75 Å². The van der Waals surface area contributed by atoms with Gasteiger partial charge in [-0.05, 0) is 63.6 Å². The smallest absolute Gasteiger partial charge is 0.258 e. The van der Waals surface area contributed by atoms with Crippen molar-refractivity contribution >= 4 is 21.7 Å². The number of hydrogen-bond donors (Lipinski definition) is 2. The number of sulfonamides is 1. The lowest BCUT2D eigenvalue weighted by Gasteiger charge is -2.21. The predicted octanol–water partition coefficient (Wildman–Crippen LogP) is 2.66. The molecule has 8 heteroatoms. The highest BCUT2D eigenvalue weighted by Gasteiger charge is 2.24. The van der Waals surface area contributed by atoms with Crippen molar-refractivity contribution in [3.63, 3.8) is 0 Å². The molecule has 0 unspecified atom stereocenters. The lowest BCUT2D eigenvalue weighted by Crippen LogP contribution is -2.41. The van der Waals surface area contributed by atoms with Gasteiger partial charge in [0.05, 0.1) is 4.90 Å². The molecular weight excluding hydrogens is 392 g/mol. The number of benzene rings is 2. The van der Waals surface area contributed by atoms with Gasteiger partial charge in [0.1, 0.15) is 5.75 Å². The van der Waals surface area contributed by atoms with Crippen molar-refractivity contribution < 1.29 is 22.7 Å². The normalized spacial score (nSPS) is 11.7. The Balaban J connectivity index is 1.98. The van der Waals surface area contributed by atoms with Crippen LogP contribution in [0.1, 0.15) is 43.6 Å². The number of carbonyl (C=O) groups is 2. The molecule has 7 nitrogen and oxygen atoms in total. The molecule has 2 N–H and O–H groups in total. The van der Waals surface area contributed by atoms with E-state index in [4.69, 9.17) is 4.74 Å². The zero-order chi connectivity index (χ0) is 21.7. The van der Waals surface area contributed by atoms with Crippen LogP contribution < -0.4 is 14.8 Å². The third-order valence-corrected chi connectivity index (χ3v) is 5.67. The number of ketones is 1. The van der Waals surface area contributed by atoms with Gasteiger partial charge in [0.15, 0.2) is 12.4 Å². The molecule has 0 aliphatic heterocycles. The first-order chi connectivity index (χ1) is 13.5. The fourth-order valence-corrected chi connectivity index (χ4v) is 4.21. The Hall–Kier alpha value is -2.71. The fraction of sp³-hybridized carbons (Fsp3) is 0.333. The van der Waals surface area contributed by atoms with E-state index in [2.05, 4.69) is 10.0 Å². The molecule has 156 valence electrons. The number of amides is 1. The number of rotatable bonds is 8. The maximum absolute atomic E-state index is 12.6. The van der Waals surface area contributed by atoms with Crippen molar-refractivity contribution in [1.82, 2.24) is 10.0 Å². The molecule has 0 fully saturated rings. The maximum Gasteiger partial charge on any atom is 0.258 e. The molecule has 0 aromatic heterocycles. The van der Waals surface area contributed by atoms with Crippen molar-refractivity contribution in [2.24, 2.45) is 0 Å². The van der Waals surface area contributed by atoms with Gasteiger partial charge in [-0.25, -0.2) is 13.1 Å². The van der Waals surface area contributed by atoms with E-state index in [1.807, 2.05) is 0 Å². The van der Waals surface area contributed by atoms with Crippen molar-refractivity contribution in [1.29, 1.82) is 0 Å². The summed E-state index contributed by atoms with van der Waals surface area (Å²) in [6.07, 6.45) is 0. The van der Waals surface area contributed by atoms with Gasteiger partial charge in [0, 0.05) is 17.6 Å². The zero-order valence-corrected chi connectivity index (χ0v) is 17.8. The van der Waals surface area contributed by atoms with Gasteiger partial charge >= 0.3 is 0 Å². The summed E-state index contributed by atoms with van der Waals surface area (Å²) >= 11 is 0. The predicted molar refractivity (Wildman–Crippen MR) is 110 cm³/mol. The average molecular weight is 419 g/mol. The number of Topliss-reactive ketones (excluding diaryl/α,β-unsaturated/α-hetero) is 1. The third-order valence-electron chi connectivity index (χ3n) is 3.81. The number of nitrogens with one attached hydrogen (secondary N) is 2. The minimum Gasteiger partial charge on any atom is -0.484 e. The minimum atomic E-state index is -3.72. The zero-order valence-electron chi connectivity index (χ0n) is 17.0. The Bertz CT molecular complexity index is 977. The Morgan fingerprint density at radius 2 is 1.62 bits per heavy atom. The molecule has 0 heterocycles. The molecule has 0 atom stereocenters. The average Bonchev–Trinajstić information content (AvgIpc) is 2.63. The van der Waals surface area contributed by atoms with Gasteiger partial charge in [-0.15, -0.1) is 0 Å². The first-order valence-electron chi connectivity index (χ1n) is 9.10. The number of carbonyl (C=O) groups excluding carboxylic acids is 2. The highest BCUT2D eigenvalue weighted by Crippen LogP contribution is 2.18. The summed E-state index contributed by atoms with van der Waals surface area (Å²) in [4.78, 5) is 23.5. The van der Waals surface area contributed by atoms with Gasteiger partial charge in [-0.3, -0.25) is 9.59 Å². The van der Waals surface area contributed by atoms with Crippen LogP contribution in [0.15, 0.2) is 53.4 Å². The van der Waals surface area contributed by atoms with E-state index in [0.29, 0.717) is 16.9 Å². The van der Waals surface area contributed by atoms with E-state index >= 15 is 0 Å². The van der Waals surface area contributed by atoms with Gasteiger partial charge in [0.2, 0.25) is 10.0 Å². The molecular formula is C21H26N2O5S. The van der Waals surface area contributed by atoms with Crippen LogP contribution in [0.4, 0.5) is 0 Å². The highest BCUT2D eigenvalue weighted by atomic mass is 32.2. The second kappa shape index (κ2) is 9.19. The van der Waals surface area contributed by atoms with Crippen LogP contribution in [-0.2, 0) is 21.4 Å². The third kappa shape index (κ3) is 6.99. The monoisotopic (exact) mass is 418 g/mol. The first kappa shape index (κ1) is 22.6. The molecule has 0 spiro atoms. The minimum absolute atomic E-state index is 0.0483. The van der Waals surface area contributed by atoms with Crippen LogP contribution in [0.2, 0.25) is 0 Å². The van der Waals surface area contributed by atoms with Crippen LogP contribution in [0.25, 0.3) is 0 Å². The van der Waals surface area contributed by atoms with Crippen LogP contribution in [-0.4, -0.2) is 32.3 Å². The van der Waals surface area contributed by atoms with Crippen molar-refractivity contribution in [3.8, 4) is 5.75 Å². The van der Waals surface area contributed by atoms with Gasteiger partial charge in [-0.1, -0.05) is 18.2 Å².